The molecule has 0 bridgehead atoms. The lowest BCUT2D eigenvalue weighted by atomic mass is 10.2. The van der Waals surface area contributed by atoms with E-state index in [2.05, 4.69) is 42.8 Å². The second kappa shape index (κ2) is 5.96. The van der Waals surface area contributed by atoms with Gasteiger partial charge in [0.1, 0.15) is 5.82 Å². The van der Waals surface area contributed by atoms with Gasteiger partial charge in [-0.25, -0.2) is 4.98 Å². The van der Waals surface area contributed by atoms with Gasteiger partial charge in [0.05, 0.1) is 0 Å². The predicted octanol–water partition coefficient (Wildman–Crippen LogP) is 4.35. The van der Waals surface area contributed by atoms with E-state index in [0.717, 1.165) is 5.82 Å². The van der Waals surface area contributed by atoms with Crippen LogP contribution >= 0.6 is 11.8 Å². The van der Waals surface area contributed by atoms with Gasteiger partial charge in [-0.15, -0.1) is 11.8 Å². The van der Waals surface area contributed by atoms with Gasteiger partial charge in [-0.3, -0.25) is 0 Å². The molecule has 18 heavy (non-hydrogen) atoms. The first-order chi connectivity index (χ1) is 8.54. The lowest BCUT2D eigenvalue weighted by Gasteiger charge is -2.22. The molecule has 100 valence electrons. The van der Waals surface area contributed by atoms with E-state index in [1.54, 1.807) is 0 Å². The van der Waals surface area contributed by atoms with Crippen LogP contribution in [-0.4, -0.2) is 22.8 Å². The van der Waals surface area contributed by atoms with Crippen molar-refractivity contribution in [2.45, 2.75) is 56.1 Å². The first kappa shape index (κ1) is 13.7. The van der Waals surface area contributed by atoms with Gasteiger partial charge in [0.15, 0.2) is 0 Å². The highest BCUT2D eigenvalue weighted by atomic mass is 32.2. The predicted molar refractivity (Wildman–Crippen MR) is 80.5 cm³/mol. The second-order valence-electron chi connectivity index (χ2n) is 5.97. The van der Waals surface area contributed by atoms with E-state index in [0.29, 0.717) is 0 Å². The van der Waals surface area contributed by atoms with Crippen molar-refractivity contribution in [3.63, 3.8) is 0 Å². The van der Waals surface area contributed by atoms with Crippen LogP contribution in [-0.2, 0) is 0 Å². The molecule has 0 atom stereocenters. The third-order valence-electron chi connectivity index (χ3n) is 3.07. The molecule has 2 nitrogen and oxygen atoms in total. The van der Waals surface area contributed by atoms with Crippen LogP contribution in [0.2, 0.25) is 0 Å². The summed E-state index contributed by atoms with van der Waals surface area (Å²) in [5, 5.41) is 0. The maximum atomic E-state index is 4.63. The third-order valence-corrected chi connectivity index (χ3v) is 4.16. The van der Waals surface area contributed by atoms with E-state index in [1.165, 1.54) is 43.7 Å². The number of anilines is 1. The summed E-state index contributed by atoms with van der Waals surface area (Å²) in [5.74, 6) is 1.15. The summed E-state index contributed by atoms with van der Waals surface area (Å²) in [6, 6.07) is 4.39. The quantitative estimate of drug-likeness (QED) is 0.739. The Bertz CT molecular complexity index is 359. The zero-order valence-corrected chi connectivity index (χ0v) is 12.6. The number of nitrogens with zero attached hydrogens (tertiary/aromatic N) is 2. The molecular weight excluding hydrogens is 240 g/mol. The Hall–Kier alpha value is -0.700. The van der Waals surface area contributed by atoms with Gasteiger partial charge in [0.2, 0.25) is 0 Å². The molecule has 0 aromatic carbocycles. The summed E-state index contributed by atoms with van der Waals surface area (Å²) in [7, 11) is 0. The summed E-state index contributed by atoms with van der Waals surface area (Å²) in [5.41, 5.74) is 0. The maximum absolute atomic E-state index is 4.63. The standard InChI is InChI=1S/C15H24N2S/c1-15(2,3)18-13-8-9-14(16-12-13)17-10-6-4-5-7-11-17/h8-9,12H,4-7,10-11H2,1-3H3. The van der Waals surface area contributed by atoms with E-state index in [-0.39, 0.29) is 4.75 Å². The SMILES string of the molecule is CC(C)(C)Sc1ccc(N2CCCCCC2)nc1. The largest absolute Gasteiger partial charge is 0.357 e. The number of thioether (sulfide) groups is 1. The molecule has 1 saturated heterocycles. The Balaban J connectivity index is 2.02. The number of rotatable bonds is 2. The normalized spacial score (nSPS) is 17.6. The van der Waals surface area contributed by atoms with E-state index in [4.69, 9.17) is 0 Å². The number of hydrogen-bond acceptors (Lipinski definition) is 3. The molecule has 0 spiro atoms. The molecule has 0 amide bonds. The molecule has 0 aliphatic carbocycles. The summed E-state index contributed by atoms with van der Waals surface area (Å²) in [6.07, 6.45) is 7.37. The van der Waals surface area contributed by atoms with Crippen molar-refractivity contribution in [3.8, 4) is 0 Å². The summed E-state index contributed by atoms with van der Waals surface area (Å²) in [6.45, 7) is 9.04. The number of pyridine rings is 1. The van der Waals surface area contributed by atoms with Crippen molar-refractivity contribution in [2.24, 2.45) is 0 Å². The van der Waals surface area contributed by atoms with E-state index in [9.17, 15) is 0 Å². The monoisotopic (exact) mass is 264 g/mol. The van der Waals surface area contributed by atoms with Crippen LogP contribution in [0, 0.1) is 0 Å². The first-order valence-corrected chi connectivity index (χ1v) is 7.76. The van der Waals surface area contributed by atoms with Gasteiger partial charge in [-0.2, -0.15) is 0 Å². The van der Waals surface area contributed by atoms with E-state index < -0.39 is 0 Å². The molecule has 1 aromatic rings. The van der Waals surface area contributed by atoms with Crippen molar-refractivity contribution < 1.29 is 0 Å². The molecular formula is C15H24N2S. The molecule has 0 radical (unpaired) electrons. The molecule has 0 unspecified atom stereocenters. The molecule has 1 aliphatic heterocycles. The van der Waals surface area contributed by atoms with Gasteiger partial charge in [0.25, 0.3) is 0 Å². The highest BCUT2D eigenvalue weighted by Crippen LogP contribution is 2.32. The molecule has 1 fully saturated rings. The zero-order valence-electron chi connectivity index (χ0n) is 11.8. The highest BCUT2D eigenvalue weighted by molar-refractivity contribution is 8.00. The molecule has 1 aliphatic rings. The van der Waals surface area contributed by atoms with Gasteiger partial charge in [-0.1, -0.05) is 33.6 Å². The molecule has 2 heterocycles. The Morgan fingerprint density at radius 2 is 1.72 bits per heavy atom. The van der Waals surface area contributed by atoms with Crippen LogP contribution in [0.3, 0.4) is 0 Å². The van der Waals surface area contributed by atoms with Crippen molar-refractivity contribution in [1.29, 1.82) is 0 Å². The van der Waals surface area contributed by atoms with Crippen molar-refractivity contribution in [3.05, 3.63) is 18.3 Å². The van der Waals surface area contributed by atoms with Gasteiger partial charge in [0, 0.05) is 28.9 Å². The fourth-order valence-electron chi connectivity index (χ4n) is 2.27. The van der Waals surface area contributed by atoms with Crippen LogP contribution in [0.4, 0.5) is 5.82 Å². The van der Waals surface area contributed by atoms with Crippen molar-refractivity contribution in [1.82, 2.24) is 4.98 Å². The lowest BCUT2D eigenvalue weighted by Crippen LogP contribution is -2.24. The minimum Gasteiger partial charge on any atom is -0.357 e. The number of hydrogen-bond donors (Lipinski definition) is 0. The fourth-order valence-corrected chi connectivity index (χ4v) is 3.22. The molecule has 1 aromatic heterocycles. The Labute approximate surface area is 115 Å². The van der Waals surface area contributed by atoms with Crippen LogP contribution < -0.4 is 4.90 Å². The fraction of sp³-hybridized carbons (Fsp3) is 0.667. The van der Waals surface area contributed by atoms with Crippen molar-refractivity contribution in [2.75, 3.05) is 18.0 Å². The average Bonchev–Trinajstić information content (AvgIpc) is 2.56. The maximum Gasteiger partial charge on any atom is 0.128 e. The smallest absolute Gasteiger partial charge is 0.128 e. The summed E-state index contributed by atoms with van der Waals surface area (Å²) in [4.78, 5) is 8.33. The topological polar surface area (TPSA) is 16.1 Å². The van der Waals surface area contributed by atoms with E-state index in [1.807, 2.05) is 18.0 Å². The first-order valence-electron chi connectivity index (χ1n) is 6.95. The second-order valence-corrected chi connectivity index (χ2v) is 7.87. The van der Waals surface area contributed by atoms with Gasteiger partial charge < -0.3 is 4.90 Å². The molecule has 0 N–H and O–H groups in total. The van der Waals surface area contributed by atoms with Crippen LogP contribution in [0.25, 0.3) is 0 Å². The average molecular weight is 264 g/mol. The molecule has 2 rings (SSSR count). The lowest BCUT2D eigenvalue weighted by molar-refractivity contribution is 0.726. The van der Waals surface area contributed by atoms with Crippen molar-refractivity contribution >= 4 is 17.6 Å². The Morgan fingerprint density at radius 3 is 2.22 bits per heavy atom. The van der Waals surface area contributed by atoms with Crippen LogP contribution in [0.15, 0.2) is 23.2 Å². The number of aromatic nitrogens is 1. The highest BCUT2D eigenvalue weighted by Gasteiger charge is 2.14. The minimum absolute atomic E-state index is 0.256. The van der Waals surface area contributed by atoms with Crippen LogP contribution in [0.1, 0.15) is 46.5 Å². The molecule has 0 saturated carbocycles. The zero-order chi connectivity index (χ0) is 13.0. The summed E-state index contributed by atoms with van der Waals surface area (Å²) >= 11 is 1.88. The van der Waals surface area contributed by atoms with Crippen LogP contribution in [0.5, 0.6) is 0 Å². The molecule has 3 heteroatoms. The minimum atomic E-state index is 0.256. The van der Waals surface area contributed by atoms with Gasteiger partial charge in [-0.05, 0) is 25.0 Å². The Kier molecular flexibility index (Phi) is 4.55. The van der Waals surface area contributed by atoms with E-state index >= 15 is 0 Å². The summed E-state index contributed by atoms with van der Waals surface area (Å²) < 4.78 is 0.256. The Morgan fingerprint density at radius 1 is 1.06 bits per heavy atom. The van der Waals surface area contributed by atoms with Gasteiger partial charge >= 0.3 is 0 Å². The third kappa shape index (κ3) is 4.20.